The highest BCUT2D eigenvalue weighted by atomic mass is 16.2. The zero-order valence-electron chi connectivity index (χ0n) is 20.4. The van der Waals surface area contributed by atoms with Gasteiger partial charge in [-0.3, -0.25) is 9.48 Å². The molecular weight excluding hydrogens is 396 g/mol. The van der Waals surface area contributed by atoms with Gasteiger partial charge >= 0.3 is 0 Å². The minimum Gasteiger partial charge on any atom is -0.343 e. The number of hydrogen-bond acceptors (Lipinski definition) is 3. The lowest BCUT2D eigenvalue weighted by Gasteiger charge is -2.46. The number of hydrogen-bond donors (Lipinski definition) is 0. The lowest BCUT2D eigenvalue weighted by atomic mass is 9.67. The Balaban J connectivity index is 1.55. The first kappa shape index (κ1) is 24.5. The third kappa shape index (κ3) is 6.66. The summed E-state index contributed by atoms with van der Waals surface area (Å²) in [5.41, 5.74) is 2.81. The van der Waals surface area contributed by atoms with Crippen molar-refractivity contribution in [3.05, 3.63) is 48.0 Å². The molecular formula is C27H42N4O. The molecule has 5 nitrogen and oxygen atoms in total. The van der Waals surface area contributed by atoms with E-state index in [1.165, 1.54) is 43.2 Å². The molecule has 1 unspecified atom stereocenters. The number of rotatable bonds is 12. The number of likely N-dealkylation sites (tertiary alicyclic amines) is 1. The van der Waals surface area contributed by atoms with Crippen LogP contribution in [0.5, 0.6) is 0 Å². The van der Waals surface area contributed by atoms with Crippen LogP contribution in [0.15, 0.2) is 36.9 Å². The van der Waals surface area contributed by atoms with Crippen LogP contribution in [-0.4, -0.2) is 38.7 Å². The molecule has 1 atom stereocenters. The molecule has 2 aromatic rings. The molecule has 0 radical (unpaired) electrons. The van der Waals surface area contributed by atoms with E-state index in [1.54, 1.807) is 6.33 Å². The lowest BCUT2D eigenvalue weighted by Crippen LogP contribution is -2.47. The van der Waals surface area contributed by atoms with Gasteiger partial charge in [0.25, 0.3) is 0 Å². The van der Waals surface area contributed by atoms with Crippen LogP contribution < -0.4 is 0 Å². The molecule has 32 heavy (non-hydrogen) atoms. The van der Waals surface area contributed by atoms with Gasteiger partial charge in [0.15, 0.2) is 0 Å². The Morgan fingerprint density at radius 3 is 2.41 bits per heavy atom. The van der Waals surface area contributed by atoms with Crippen molar-refractivity contribution in [1.29, 1.82) is 0 Å². The van der Waals surface area contributed by atoms with Crippen LogP contribution in [0.4, 0.5) is 0 Å². The van der Waals surface area contributed by atoms with Crippen LogP contribution in [0.25, 0.3) is 0 Å². The summed E-state index contributed by atoms with van der Waals surface area (Å²) in [7, 11) is 0. The maximum Gasteiger partial charge on any atom is 0.222 e. The Labute approximate surface area is 194 Å². The number of piperidine rings is 1. The molecule has 2 heterocycles. The molecule has 1 aliphatic heterocycles. The Bertz CT molecular complexity index is 792. The summed E-state index contributed by atoms with van der Waals surface area (Å²) in [5.74, 6) is 0.924. The second-order valence-corrected chi connectivity index (χ2v) is 9.76. The van der Waals surface area contributed by atoms with E-state index >= 15 is 0 Å². The topological polar surface area (TPSA) is 51.0 Å². The van der Waals surface area contributed by atoms with Gasteiger partial charge in [0.05, 0.1) is 0 Å². The number of benzene rings is 1. The summed E-state index contributed by atoms with van der Waals surface area (Å²) >= 11 is 0. The van der Waals surface area contributed by atoms with Gasteiger partial charge in [-0.15, -0.1) is 0 Å². The second kappa shape index (κ2) is 12.2. The Morgan fingerprint density at radius 2 is 1.78 bits per heavy atom. The van der Waals surface area contributed by atoms with Crippen LogP contribution in [0, 0.1) is 11.3 Å². The second-order valence-electron chi connectivity index (χ2n) is 9.76. The zero-order chi connectivity index (χ0) is 22.8. The van der Waals surface area contributed by atoms with Gasteiger partial charge in [-0.1, -0.05) is 77.1 Å². The van der Waals surface area contributed by atoms with Gasteiger partial charge in [0, 0.05) is 26.1 Å². The molecule has 0 spiro atoms. The maximum absolute atomic E-state index is 12.9. The number of aromatic nitrogens is 3. The Morgan fingerprint density at radius 1 is 1.06 bits per heavy atom. The third-order valence-electron chi connectivity index (χ3n) is 7.65. The molecule has 0 aliphatic carbocycles. The average Bonchev–Trinajstić information content (AvgIpc) is 3.33. The third-order valence-corrected chi connectivity index (χ3v) is 7.65. The standard InChI is InChI=1S/C27H42N4O/c1-4-6-7-8-9-23(3)27(20-31-22-28-21-29-31)16-18-30(19-17-27)26(32)15-14-25-12-10-24(5-2)11-13-25/h10-13,21-23H,4-9,14-20H2,1-3H3. The smallest absolute Gasteiger partial charge is 0.222 e. The van der Waals surface area contributed by atoms with E-state index in [0.29, 0.717) is 18.2 Å². The van der Waals surface area contributed by atoms with E-state index in [0.717, 1.165) is 45.3 Å². The number of amides is 1. The highest BCUT2D eigenvalue weighted by molar-refractivity contribution is 5.76. The normalized spacial score (nSPS) is 16.8. The van der Waals surface area contributed by atoms with Gasteiger partial charge in [0.2, 0.25) is 5.91 Å². The molecule has 1 aromatic carbocycles. The van der Waals surface area contributed by atoms with E-state index in [9.17, 15) is 4.79 Å². The summed E-state index contributed by atoms with van der Waals surface area (Å²) < 4.78 is 2.00. The van der Waals surface area contributed by atoms with Crippen LogP contribution in [0.1, 0.15) is 83.3 Å². The summed E-state index contributed by atoms with van der Waals surface area (Å²) in [6.07, 6.45) is 14.6. The van der Waals surface area contributed by atoms with E-state index in [2.05, 4.69) is 60.0 Å². The fourth-order valence-corrected chi connectivity index (χ4v) is 5.18. The first-order valence-electron chi connectivity index (χ1n) is 12.7. The highest BCUT2D eigenvalue weighted by Crippen LogP contribution is 2.43. The zero-order valence-corrected chi connectivity index (χ0v) is 20.4. The highest BCUT2D eigenvalue weighted by Gasteiger charge is 2.40. The Kier molecular flexibility index (Phi) is 9.31. The minimum absolute atomic E-state index is 0.201. The fraction of sp³-hybridized carbons (Fsp3) is 0.667. The van der Waals surface area contributed by atoms with Crippen molar-refractivity contribution in [1.82, 2.24) is 19.7 Å². The van der Waals surface area contributed by atoms with Gasteiger partial charge in [-0.25, -0.2) is 4.98 Å². The molecule has 176 valence electrons. The quantitative estimate of drug-likeness (QED) is 0.400. The molecule has 0 bridgehead atoms. The van der Waals surface area contributed by atoms with Crippen LogP contribution >= 0.6 is 0 Å². The van der Waals surface area contributed by atoms with Crippen molar-refractivity contribution in [2.75, 3.05) is 13.1 Å². The summed E-state index contributed by atoms with van der Waals surface area (Å²) in [4.78, 5) is 19.2. The Hall–Kier alpha value is -2.17. The molecule has 3 rings (SSSR count). The van der Waals surface area contributed by atoms with Gasteiger partial charge in [-0.05, 0) is 48.1 Å². The monoisotopic (exact) mass is 438 g/mol. The van der Waals surface area contributed by atoms with Crippen molar-refractivity contribution < 1.29 is 4.79 Å². The predicted octanol–water partition coefficient (Wildman–Crippen LogP) is 5.69. The molecule has 1 saturated heterocycles. The van der Waals surface area contributed by atoms with Crippen molar-refractivity contribution in [3.63, 3.8) is 0 Å². The molecule has 0 N–H and O–H groups in total. The van der Waals surface area contributed by atoms with E-state index in [4.69, 9.17) is 0 Å². The first-order valence-corrected chi connectivity index (χ1v) is 12.7. The van der Waals surface area contributed by atoms with Crippen LogP contribution in [-0.2, 0) is 24.2 Å². The number of carbonyl (C=O) groups excluding carboxylic acids is 1. The van der Waals surface area contributed by atoms with Gasteiger partial charge in [0.1, 0.15) is 12.7 Å². The summed E-state index contributed by atoms with van der Waals surface area (Å²) in [6.45, 7) is 9.49. The fourth-order valence-electron chi connectivity index (χ4n) is 5.18. The molecule has 1 fully saturated rings. The van der Waals surface area contributed by atoms with Gasteiger partial charge < -0.3 is 4.90 Å². The van der Waals surface area contributed by atoms with E-state index < -0.39 is 0 Å². The van der Waals surface area contributed by atoms with Crippen molar-refractivity contribution in [2.24, 2.45) is 11.3 Å². The predicted molar refractivity (Wildman–Crippen MR) is 130 cm³/mol. The van der Waals surface area contributed by atoms with Crippen molar-refractivity contribution in [2.45, 2.75) is 91.5 Å². The minimum atomic E-state index is 0.201. The SMILES string of the molecule is CCCCCCC(C)C1(Cn2cncn2)CCN(C(=O)CCc2ccc(CC)cc2)CC1. The largest absolute Gasteiger partial charge is 0.343 e. The number of unbranched alkanes of at least 4 members (excludes halogenated alkanes) is 3. The molecule has 1 aliphatic rings. The number of aryl methyl sites for hydroxylation is 2. The van der Waals surface area contributed by atoms with Crippen molar-refractivity contribution >= 4 is 5.91 Å². The summed E-state index contributed by atoms with van der Waals surface area (Å²) in [6, 6.07) is 8.71. The van der Waals surface area contributed by atoms with Gasteiger partial charge in [-0.2, -0.15) is 5.10 Å². The number of carbonyl (C=O) groups is 1. The molecule has 5 heteroatoms. The number of nitrogens with zero attached hydrogens (tertiary/aromatic N) is 4. The van der Waals surface area contributed by atoms with Crippen LogP contribution in [0.3, 0.4) is 0 Å². The van der Waals surface area contributed by atoms with E-state index in [-0.39, 0.29) is 5.41 Å². The van der Waals surface area contributed by atoms with E-state index in [1.807, 2.05) is 11.0 Å². The maximum atomic E-state index is 12.9. The average molecular weight is 439 g/mol. The van der Waals surface area contributed by atoms with Crippen LogP contribution in [0.2, 0.25) is 0 Å². The van der Waals surface area contributed by atoms with Crippen molar-refractivity contribution in [3.8, 4) is 0 Å². The summed E-state index contributed by atoms with van der Waals surface area (Å²) in [5, 5.41) is 4.40. The first-order chi connectivity index (χ1) is 15.6. The molecule has 1 amide bonds. The molecule has 1 aromatic heterocycles. The molecule has 0 saturated carbocycles. The lowest BCUT2D eigenvalue weighted by molar-refractivity contribution is -0.134.